The van der Waals surface area contributed by atoms with Crippen molar-refractivity contribution in [3.05, 3.63) is 59.2 Å². The summed E-state index contributed by atoms with van der Waals surface area (Å²) in [6.45, 7) is 1.96. The predicted molar refractivity (Wildman–Crippen MR) is 156 cm³/mol. The second-order valence-electron chi connectivity index (χ2n) is 11.4. The quantitative estimate of drug-likeness (QED) is 0.270. The summed E-state index contributed by atoms with van der Waals surface area (Å²) in [4.78, 5) is 37.3. The first-order valence-corrected chi connectivity index (χ1v) is 15.1. The molecule has 1 saturated carbocycles. The van der Waals surface area contributed by atoms with Gasteiger partial charge in [-0.15, -0.1) is 0 Å². The topological polar surface area (TPSA) is 113 Å². The number of benzene rings is 2. The molecule has 2 aromatic rings. The number of carbonyl (C=O) groups excluding carboxylic acids is 1. The van der Waals surface area contributed by atoms with E-state index >= 15 is 0 Å². The van der Waals surface area contributed by atoms with Crippen LogP contribution in [0.3, 0.4) is 0 Å². The van der Waals surface area contributed by atoms with Gasteiger partial charge in [0.25, 0.3) is 0 Å². The van der Waals surface area contributed by atoms with Crippen LogP contribution in [0, 0.1) is 11.8 Å². The van der Waals surface area contributed by atoms with E-state index in [1.54, 1.807) is 11.0 Å². The number of hydrogen-bond donors (Lipinski definition) is 2. The van der Waals surface area contributed by atoms with Crippen LogP contribution in [0.4, 0.5) is 0 Å². The van der Waals surface area contributed by atoms with Crippen molar-refractivity contribution in [2.24, 2.45) is 11.8 Å². The molecule has 222 valence electrons. The lowest BCUT2D eigenvalue weighted by atomic mass is 9.86. The highest BCUT2D eigenvalue weighted by atomic mass is 16.5. The van der Waals surface area contributed by atoms with Gasteiger partial charge in [-0.25, -0.2) is 4.79 Å². The number of rotatable bonds is 14. The molecule has 2 N–H and O–H groups in total. The Morgan fingerprint density at radius 1 is 0.829 bits per heavy atom. The average Bonchev–Trinajstić information content (AvgIpc) is 2.99. The van der Waals surface area contributed by atoms with Crippen molar-refractivity contribution < 1.29 is 34.1 Å². The molecule has 0 unspecified atom stereocenters. The van der Waals surface area contributed by atoms with Crippen LogP contribution in [0.2, 0.25) is 0 Å². The molecule has 4 rings (SSSR count). The van der Waals surface area contributed by atoms with Gasteiger partial charge in [-0.1, -0.05) is 44.2 Å². The molecule has 1 heterocycles. The largest absolute Gasteiger partial charge is 0.494 e. The second-order valence-corrected chi connectivity index (χ2v) is 11.4. The maximum atomic E-state index is 12.9. The zero-order valence-corrected chi connectivity index (χ0v) is 23.9. The molecule has 0 radical (unpaired) electrons. The summed E-state index contributed by atoms with van der Waals surface area (Å²) in [5.74, 6) is -0.192. The number of aromatic carboxylic acids is 1. The van der Waals surface area contributed by atoms with Crippen LogP contribution in [0.5, 0.6) is 11.5 Å². The molecule has 0 spiro atoms. The lowest BCUT2D eigenvalue weighted by Crippen LogP contribution is -2.41. The fourth-order valence-electron chi connectivity index (χ4n) is 5.89. The lowest BCUT2D eigenvalue weighted by molar-refractivity contribution is -0.145. The van der Waals surface area contributed by atoms with Gasteiger partial charge in [0.1, 0.15) is 11.5 Å². The standard InChI is InChI=1S/C33H43NO7/c35-31(34-18-16-26(17-19-34)32(36)37)23-28-22-27(33(38)39)12-15-30(28)41-21-5-9-25-10-13-29(14-11-25)40-20-4-8-24-6-2-1-3-7-24/h10-15,22,24,26H,1-9,16-21,23H2,(H,36,37)(H,38,39). The molecular weight excluding hydrogens is 522 g/mol. The summed E-state index contributed by atoms with van der Waals surface area (Å²) in [5.41, 5.74) is 1.81. The Morgan fingerprint density at radius 2 is 1.54 bits per heavy atom. The zero-order chi connectivity index (χ0) is 29.0. The van der Waals surface area contributed by atoms with Crippen LogP contribution in [0.15, 0.2) is 42.5 Å². The molecule has 8 nitrogen and oxygen atoms in total. The third-order valence-electron chi connectivity index (χ3n) is 8.39. The molecule has 1 saturated heterocycles. The summed E-state index contributed by atoms with van der Waals surface area (Å²) in [6, 6.07) is 12.8. The van der Waals surface area contributed by atoms with Gasteiger partial charge >= 0.3 is 11.9 Å². The number of ether oxygens (including phenoxy) is 2. The third kappa shape index (κ3) is 9.51. The number of carboxylic acid groups (broad SMARTS) is 2. The summed E-state index contributed by atoms with van der Waals surface area (Å²) in [7, 11) is 0. The fourth-order valence-corrected chi connectivity index (χ4v) is 5.89. The molecule has 2 aliphatic rings. The van der Waals surface area contributed by atoms with Gasteiger partial charge in [0.05, 0.1) is 31.1 Å². The molecule has 0 bridgehead atoms. The minimum Gasteiger partial charge on any atom is -0.494 e. The van der Waals surface area contributed by atoms with Gasteiger partial charge in [0.2, 0.25) is 5.91 Å². The molecule has 1 amide bonds. The Hall–Kier alpha value is -3.55. The Morgan fingerprint density at radius 3 is 2.22 bits per heavy atom. The average molecular weight is 566 g/mol. The van der Waals surface area contributed by atoms with Crippen molar-refractivity contribution >= 4 is 17.8 Å². The fraction of sp³-hybridized carbons (Fsp3) is 0.545. The van der Waals surface area contributed by atoms with E-state index in [0.717, 1.165) is 37.5 Å². The number of carbonyl (C=O) groups is 3. The summed E-state index contributed by atoms with van der Waals surface area (Å²) < 4.78 is 11.9. The molecular formula is C33H43NO7. The third-order valence-corrected chi connectivity index (χ3v) is 8.39. The van der Waals surface area contributed by atoms with E-state index in [1.165, 1.54) is 56.2 Å². The van der Waals surface area contributed by atoms with E-state index < -0.39 is 17.9 Å². The predicted octanol–water partition coefficient (Wildman–Crippen LogP) is 6.00. The highest BCUT2D eigenvalue weighted by Gasteiger charge is 2.27. The van der Waals surface area contributed by atoms with E-state index in [-0.39, 0.29) is 17.9 Å². The zero-order valence-electron chi connectivity index (χ0n) is 23.9. The maximum absolute atomic E-state index is 12.9. The normalized spacial score (nSPS) is 16.3. The molecule has 41 heavy (non-hydrogen) atoms. The van der Waals surface area contributed by atoms with Gasteiger partial charge in [-0.05, 0) is 80.3 Å². The highest BCUT2D eigenvalue weighted by molar-refractivity contribution is 5.89. The number of likely N-dealkylation sites (tertiary alicyclic amines) is 1. The Labute approximate surface area is 242 Å². The van der Waals surface area contributed by atoms with Crippen molar-refractivity contribution in [3.8, 4) is 11.5 Å². The summed E-state index contributed by atoms with van der Waals surface area (Å²) >= 11 is 0. The van der Waals surface area contributed by atoms with Gasteiger partial charge in [0.15, 0.2) is 0 Å². The number of nitrogens with zero attached hydrogens (tertiary/aromatic N) is 1. The van der Waals surface area contributed by atoms with E-state index in [0.29, 0.717) is 43.9 Å². The molecule has 2 fully saturated rings. The first-order valence-electron chi connectivity index (χ1n) is 15.1. The van der Waals surface area contributed by atoms with Crippen molar-refractivity contribution in [1.82, 2.24) is 4.90 Å². The van der Waals surface area contributed by atoms with Crippen molar-refractivity contribution in [2.45, 2.75) is 77.0 Å². The number of piperidine rings is 1. The maximum Gasteiger partial charge on any atom is 0.335 e. The van der Waals surface area contributed by atoms with Crippen molar-refractivity contribution in [2.75, 3.05) is 26.3 Å². The Kier molecular flexibility index (Phi) is 11.5. The SMILES string of the molecule is O=C(O)c1ccc(OCCCc2ccc(OCCCC3CCCCC3)cc2)c(CC(=O)N2CCC(C(=O)O)CC2)c1. The van der Waals surface area contributed by atoms with Crippen LogP contribution >= 0.6 is 0 Å². The van der Waals surface area contributed by atoms with Crippen LogP contribution in [0.25, 0.3) is 0 Å². The van der Waals surface area contributed by atoms with Gasteiger partial charge < -0.3 is 24.6 Å². The first-order chi connectivity index (χ1) is 19.9. The van der Waals surface area contributed by atoms with Gasteiger partial charge in [0, 0.05) is 18.7 Å². The minimum absolute atomic E-state index is 0.0102. The number of carboxylic acids is 2. The first kappa shape index (κ1) is 30.4. The summed E-state index contributed by atoms with van der Waals surface area (Å²) in [5, 5.41) is 18.6. The van der Waals surface area contributed by atoms with E-state index in [2.05, 4.69) is 12.1 Å². The minimum atomic E-state index is -1.07. The number of aryl methyl sites for hydroxylation is 1. The second kappa shape index (κ2) is 15.5. The van der Waals surface area contributed by atoms with E-state index in [1.807, 2.05) is 12.1 Å². The van der Waals surface area contributed by atoms with E-state index in [4.69, 9.17) is 9.47 Å². The number of aliphatic carboxylic acids is 1. The van der Waals surface area contributed by atoms with Gasteiger partial charge in [-0.3, -0.25) is 9.59 Å². The van der Waals surface area contributed by atoms with Crippen molar-refractivity contribution in [1.29, 1.82) is 0 Å². The molecule has 8 heteroatoms. The molecule has 1 aliphatic carbocycles. The van der Waals surface area contributed by atoms with Crippen molar-refractivity contribution in [3.63, 3.8) is 0 Å². The van der Waals surface area contributed by atoms with Crippen LogP contribution < -0.4 is 9.47 Å². The number of hydrogen-bond acceptors (Lipinski definition) is 5. The van der Waals surface area contributed by atoms with E-state index in [9.17, 15) is 24.6 Å². The van der Waals surface area contributed by atoms with Crippen LogP contribution in [-0.2, 0) is 22.4 Å². The van der Waals surface area contributed by atoms with Crippen LogP contribution in [-0.4, -0.2) is 59.3 Å². The Bertz CT molecular complexity index is 1150. The molecule has 0 aromatic heterocycles. The number of amides is 1. The monoisotopic (exact) mass is 565 g/mol. The smallest absolute Gasteiger partial charge is 0.335 e. The van der Waals surface area contributed by atoms with Crippen LogP contribution in [0.1, 0.15) is 85.7 Å². The van der Waals surface area contributed by atoms with Gasteiger partial charge in [-0.2, -0.15) is 0 Å². The molecule has 2 aromatic carbocycles. The highest BCUT2D eigenvalue weighted by Crippen LogP contribution is 2.28. The summed E-state index contributed by atoms with van der Waals surface area (Å²) in [6.07, 6.45) is 11.7. The molecule has 1 aliphatic heterocycles. The lowest BCUT2D eigenvalue weighted by Gasteiger charge is -2.30. The molecule has 0 atom stereocenters. The Balaban J connectivity index is 1.22.